The molecular weight excluding hydrogens is 472 g/mol. The first kappa shape index (κ1) is 20.4. The third kappa shape index (κ3) is 3.80. The van der Waals surface area contributed by atoms with Gasteiger partial charge in [0, 0.05) is 16.5 Å². The first-order valence-electron chi connectivity index (χ1n) is 9.15. The van der Waals surface area contributed by atoms with Crippen molar-refractivity contribution in [2.24, 2.45) is 0 Å². The monoisotopic (exact) mass is 495 g/mol. The zero-order valence-electron chi connectivity index (χ0n) is 15.4. The zero-order chi connectivity index (χ0) is 18.1. The van der Waals surface area contributed by atoms with Crippen molar-refractivity contribution < 1.29 is 14.4 Å². The molecule has 0 saturated carbocycles. The first-order valence-corrected chi connectivity index (χ1v) is 9.94. The van der Waals surface area contributed by atoms with E-state index in [2.05, 4.69) is 25.4 Å². The predicted octanol–water partition coefficient (Wildman–Crippen LogP) is 4.69. The quantitative estimate of drug-likeness (QED) is 0.626. The summed E-state index contributed by atoms with van der Waals surface area (Å²) < 4.78 is 8.68. The third-order valence-corrected chi connectivity index (χ3v) is 5.90. The van der Waals surface area contributed by atoms with Crippen LogP contribution in [0.3, 0.4) is 0 Å². The Morgan fingerprint density at radius 3 is 2.41 bits per heavy atom. The average molecular weight is 497 g/mol. The minimum absolute atomic E-state index is 0. The molecule has 1 atom stereocenters. The maximum absolute atomic E-state index is 11.8. The molecule has 0 radical (unpaired) electrons. The van der Waals surface area contributed by atoms with Gasteiger partial charge in [-0.15, -0.1) is 17.0 Å². The second kappa shape index (κ2) is 8.33. The molecule has 0 amide bonds. The van der Waals surface area contributed by atoms with Crippen LogP contribution < -0.4 is 9.64 Å². The van der Waals surface area contributed by atoms with E-state index in [0.29, 0.717) is 6.54 Å². The maximum atomic E-state index is 11.8. The van der Waals surface area contributed by atoms with Gasteiger partial charge in [-0.1, -0.05) is 28.1 Å². The van der Waals surface area contributed by atoms with Gasteiger partial charge in [-0.3, -0.25) is 4.58 Å². The highest BCUT2D eigenvalue weighted by atomic mass is 79.9. The lowest BCUT2D eigenvalue weighted by molar-refractivity contribution is -0.534. The molecule has 6 heteroatoms. The van der Waals surface area contributed by atoms with Gasteiger partial charge < -0.3 is 9.84 Å². The summed E-state index contributed by atoms with van der Waals surface area (Å²) in [6, 6.07) is 16.0. The van der Waals surface area contributed by atoms with Gasteiger partial charge in [-0.25, -0.2) is 0 Å². The van der Waals surface area contributed by atoms with Crippen LogP contribution >= 0.6 is 32.9 Å². The molecule has 1 N–H and O–H groups in total. The molecule has 0 aromatic heterocycles. The van der Waals surface area contributed by atoms with Crippen LogP contribution in [-0.2, 0) is 5.72 Å². The molecule has 2 aromatic carbocycles. The Hall–Kier alpha value is -1.37. The minimum Gasteiger partial charge on any atom is -0.497 e. The van der Waals surface area contributed by atoms with Crippen LogP contribution in [-0.4, -0.2) is 35.7 Å². The number of hydrogen-bond donors (Lipinski definition) is 1. The van der Waals surface area contributed by atoms with Crippen LogP contribution in [0.4, 0.5) is 5.69 Å². The Labute approximate surface area is 179 Å². The molecule has 2 aromatic rings. The summed E-state index contributed by atoms with van der Waals surface area (Å²) in [7, 11) is 1.67. The molecule has 0 saturated heterocycles. The van der Waals surface area contributed by atoms with Crippen molar-refractivity contribution in [3.05, 3.63) is 58.6 Å². The lowest BCUT2D eigenvalue weighted by atomic mass is 10.00. The second-order valence-corrected chi connectivity index (χ2v) is 7.92. The molecule has 0 bridgehead atoms. The van der Waals surface area contributed by atoms with E-state index in [0.717, 1.165) is 40.9 Å². The number of hydrogen-bond acceptors (Lipinski definition) is 3. The lowest BCUT2D eigenvalue weighted by Crippen LogP contribution is -2.47. The van der Waals surface area contributed by atoms with Crippen LogP contribution in [0.5, 0.6) is 5.75 Å². The number of rotatable bonds is 3. The molecule has 4 rings (SSSR count). The summed E-state index contributed by atoms with van der Waals surface area (Å²) >= 11 is 3.49. The highest BCUT2D eigenvalue weighted by Crippen LogP contribution is 2.38. The van der Waals surface area contributed by atoms with Crippen molar-refractivity contribution in [1.29, 1.82) is 0 Å². The summed E-state index contributed by atoms with van der Waals surface area (Å²) in [6.45, 7) is 1.59. The van der Waals surface area contributed by atoms with E-state index in [1.54, 1.807) is 7.11 Å². The Bertz CT molecular complexity index is 821. The summed E-state index contributed by atoms with van der Waals surface area (Å²) in [5.41, 5.74) is 0.842. The van der Waals surface area contributed by atoms with E-state index in [9.17, 15) is 5.11 Å². The van der Waals surface area contributed by atoms with Crippen molar-refractivity contribution in [3.8, 4) is 5.75 Å². The van der Waals surface area contributed by atoms with Gasteiger partial charge in [0.25, 0.3) is 11.6 Å². The third-order valence-electron chi connectivity index (χ3n) is 5.37. The van der Waals surface area contributed by atoms with E-state index in [-0.39, 0.29) is 17.0 Å². The number of nitrogens with zero attached hydrogens (tertiary/aromatic N) is 2. The number of benzene rings is 2. The van der Waals surface area contributed by atoms with Crippen molar-refractivity contribution in [3.63, 3.8) is 0 Å². The largest absolute Gasteiger partial charge is 0.497 e. The maximum Gasteiger partial charge on any atom is 0.275 e. The SMILES string of the molecule is Br.COc1ccc(N2C3=[N+](CCCCC3)CC2(O)c2ccc(Br)cc2)cc1. The number of aliphatic hydroxyl groups is 1. The molecular formula is C21H25Br2N2O2+. The minimum atomic E-state index is -1.07. The molecule has 4 nitrogen and oxygen atoms in total. The Kier molecular flexibility index (Phi) is 6.28. The first-order chi connectivity index (χ1) is 12.6. The van der Waals surface area contributed by atoms with Crippen LogP contribution in [0.1, 0.15) is 31.2 Å². The highest BCUT2D eigenvalue weighted by Gasteiger charge is 2.53. The van der Waals surface area contributed by atoms with Gasteiger partial charge in [0.15, 0.2) is 6.54 Å². The topological polar surface area (TPSA) is 35.7 Å². The lowest BCUT2D eigenvalue weighted by Gasteiger charge is -2.29. The fraction of sp³-hybridized carbons (Fsp3) is 0.381. The van der Waals surface area contributed by atoms with Crippen molar-refractivity contribution >= 4 is 44.4 Å². The van der Waals surface area contributed by atoms with Gasteiger partial charge in [-0.05, 0) is 55.7 Å². The fourth-order valence-electron chi connectivity index (χ4n) is 4.05. The van der Waals surface area contributed by atoms with E-state index >= 15 is 0 Å². The number of anilines is 1. The van der Waals surface area contributed by atoms with Gasteiger partial charge in [-0.2, -0.15) is 4.90 Å². The van der Waals surface area contributed by atoms with Crippen LogP contribution in [0.25, 0.3) is 0 Å². The molecule has 2 aliphatic heterocycles. The van der Waals surface area contributed by atoms with E-state index in [1.807, 2.05) is 48.5 Å². The van der Waals surface area contributed by atoms with E-state index in [4.69, 9.17) is 4.74 Å². The standard InChI is InChI=1S/C21H24BrN2O2.BrH/c1-26-19-12-10-18(11-13-19)24-20-5-3-2-4-14-23(20)15-21(24,25)16-6-8-17(22)9-7-16;/h6-13,25H,2-5,14-15H2,1H3;1H/q+1;. The smallest absolute Gasteiger partial charge is 0.275 e. The molecule has 2 heterocycles. The summed E-state index contributed by atoms with van der Waals surface area (Å²) in [5.74, 6) is 2.04. The number of halogens is 2. The van der Waals surface area contributed by atoms with Crippen molar-refractivity contribution in [2.45, 2.75) is 31.4 Å². The average Bonchev–Trinajstić information content (AvgIpc) is 2.79. The molecule has 27 heavy (non-hydrogen) atoms. The molecule has 0 spiro atoms. The van der Waals surface area contributed by atoms with Gasteiger partial charge in [0.1, 0.15) is 11.4 Å². The Morgan fingerprint density at radius 1 is 1.04 bits per heavy atom. The summed E-state index contributed by atoms with van der Waals surface area (Å²) in [6.07, 6.45) is 4.57. The molecule has 1 unspecified atom stereocenters. The normalized spacial score (nSPS) is 22.1. The summed E-state index contributed by atoms with van der Waals surface area (Å²) in [4.78, 5) is 2.13. The van der Waals surface area contributed by atoms with Crippen LogP contribution in [0.2, 0.25) is 0 Å². The predicted molar refractivity (Wildman–Crippen MR) is 117 cm³/mol. The van der Waals surface area contributed by atoms with Crippen LogP contribution in [0, 0.1) is 0 Å². The number of methoxy groups -OCH3 is 1. The molecule has 0 fully saturated rings. The van der Waals surface area contributed by atoms with Crippen molar-refractivity contribution in [2.75, 3.05) is 25.1 Å². The second-order valence-electron chi connectivity index (χ2n) is 7.01. The molecule has 0 aliphatic carbocycles. The van der Waals surface area contributed by atoms with Crippen LogP contribution in [0.15, 0.2) is 53.0 Å². The van der Waals surface area contributed by atoms with Crippen molar-refractivity contribution in [1.82, 2.24) is 0 Å². The molecule has 144 valence electrons. The number of ether oxygens (including phenoxy) is 1. The van der Waals surface area contributed by atoms with E-state index in [1.165, 1.54) is 18.7 Å². The van der Waals surface area contributed by atoms with Gasteiger partial charge >= 0.3 is 0 Å². The number of amidine groups is 1. The highest BCUT2D eigenvalue weighted by molar-refractivity contribution is 9.10. The van der Waals surface area contributed by atoms with Gasteiger partial charge in [0.05, 0.1) is 13.7 Å². The Morgan fingerprint density at radius 2 is 1.74 bits per heavy atom. The summed E-state index contributed by atoms with van der Waals surface area (Å²) in [5, 5.41) is 11.8. The van der Waals surface area contributed by atoms with E-state index < -0.39 is 5.72 Å². The zero-order valence-corrected chi connectivity index (χ0v) is 18.7. The fourth-order valence-corrected chi connectivity index (χ4v) is 4.32. The molecule has 2 aliphatic rings. The van der Waals surface area contributed by atoms with Gasteiger partial charge in [0.2, 0.25) is 0 Å². The Balaban J connectivity index is 0.00000210.